The van der Waals surface area contributed by atoms with Gasteiger partial charge in [0.2, 0.25) is 5.96 Å². The van der Waals surface area contributed by atoms with Crippen molar-refractivity contribution in [2.75, 3.05) is 7.05 Å². The summed E-state index contributed by atoms with van der Waals surface area (Å²) < 4.78 is 0. The SMILES string of the molecule is C=CN(C)C(N)=NN. The number of rotatable bonds is 1. The molecule has 4 nitrogen and oxygen atoms in total. The van der Waals surface area contributed by atoms with Crippen LogP contribution in [0.3, 0.4) is 0 Å². The first-order valence-corrected chi connectivity index (χ1v) is 2.11. The Hall–Kier alpha value is -1.19. The van der Waals surface area contributed by atoms with E-state index in [1.165, 1.54) is 11.1 Å². The van der Waals surface area contributed by atoms with E-state index in [0.717, 1.165) is 0 Å². The van der Waals surface area contributed by atoms with E-state index < -0.39 is 0 Å². The summed E-state index contributed by atoms with van der Waals surface area (Å²) in [6.07, 6.45) is 1.52. The number of nitrogens with zero attached hydrogens (tertiary/aromatic N) is 2. The lowest BCUT2D eigenvalue weighted by Gasteiger charge is -2.08. The lowest BCUT2D eigenvalue weighted by molar-refractivity contribution is 0.676. The van der Waals surface area contributed by atoms with Gasteiger partial charge in [0.15, 0.2) is 0 Å². The number of nitrogens with two attached hydrogens (primary N) is 2. The highest BCUT2D eigenvalue weighted by atomic mass is 15.3. The molecular formula is C4H10N4. The van der Waals surface area contributed by atoms with E-state index in [9.17, 15) is 0 Å². The van der Waals surface area contributed by atoms with Crippen molar-refractivity contribution in [3.05, 3.63) is 12.8 Å². The van der Waals surface area contributed by atoms with Gasteiger partial charge in [-0.1, -0.05) is 6.58 Å². The van der Waals surface area contributed by atoms with Crippen LogP contribution in [0.1, 0.15) is 0 Å². The summed E-state index contributed by atoms with van der Waals surface area (Å²) >= 11 is 0. The number of guanidine groups is 1. The molecule has 0 atom stereocenters. The maximum Gasteiger partial charge on any atom is 0.217 e. The van der Waals surface area contributed by atoms with Gasteiger partial charge < -0.3 is 16.5 Å². The van der Waals surface area contributed by atoms with Crippen molar-refractivity contribution < 1.29 is 0 Å². The van der Waals surface area contributed by atoms with E-state index in [2.05, 4.69) is 11.7 Å². The summed E-state index contributed by atoms with van der Waals surface area (Å²) in [7, 11) is 1.71. The summed E-state index contributed by atoms with van der Waals surface area (Å²) in [5.41, 5.74) is 5.21. The molecule has 0 saturated heterocycles. The standard InChI is InChI=1S/C4H10N4/c1-3-8(2)4(5)7-6/h3H,1,6H2,2H3,(H2,5,7). The largest absolute Gasteiger partial charge is 0.368 e. The van der Waals surface area contributed by atoms with Gasteiger partial charge in [0.25, 0.3) is 0 Å². The van der Waals surface area contributed by atoms with Gasteiger partial charge in [0.1, 0.15) is 0 Å². The highest BCUT2D eigenvalue weighted by Crippen LogP contribution is 1.76. The van der Waals surface area contributed by atoms with E-state index >= 15 is 0 Å². The number of hydrogen-bond acceptors (Lipinski definition) is 2. The van der Waals surface area contributed by atoms with Crippen molar-refractivity contribution in [1.82, 2.24) is 4.90 Å². The fourth-order valence-electron chi connectivity index (χ4n) is 0.185. The van der Waals surface area contributed by atoms with E-state index in [1.54, 1.807) is 7.05 Å². The first-order chi connectivity index (χ1) is 3.72. The summed E-state index contributed by atoms with van der Waals surface area (Å²) in [6, 6.07) is 0. The molecule has 46 valence electrons. The minimum Gasteiger partial charge on any atom is -0.368 e. The topological polar surface area (TPSA) is 67.6 Å². The maximum atomic E-state index is 5.21. The molecule has 0 amide bonds. The third-order valence-corrected chi connectivity index (χ3v) is 0.768. The van der Waals surface area contributed by atoms with Crippen LogP contribution in [0, 0.1) is 0 Å². The van der Waals surface area contributed by atoms with Crippen molar-refractivity contribution in [3.63, 3.8) is 0 Å². The van der Waals surface area contributed by atoms with Gasteiger partial charge in [0, 0.05) is 7.05 Å². The van der Waals surface area contributed by atoms with Crippen molar-refractivity contribution in [1.29, 1.82) is 0 Å². The van der Waals surface area contributed by atoms with Crippen LogP contribution in [0.5, 0.6) is 0 Å². The minimum atomic E-state index is 0.250. The summed E-state index contributed by atoms with van der Waals surface area (Å²) in [5, 5.41) is 3.21. The second-order valence-electron chi connectivity index (χ2n) is 1.28. The van der Waals surface area contributed by atoms with Gasteiger partial charge >= 0.3 is 0 Å². The van der Waals surface area contributed by atoms with E-state index in [1.807, 2.05) is 0 Å². The Balaban J connectivity index is 3.81. The van der Waals surface area contributed by atoms with Crippen molar-refractivity contribution in [3.8, 4) is 0 Å². The fourth-order valence-corrected chi connectivity index (χ4v) is 0.185. The second-order valence-corrected chi connectivity index (χ2v) is 1.28. The highest BCUT2D eigenvalue weighted by Gasteiger charge is 1.90. The van der Waals surface area contributed by atoms with Gasteiger partial charge in [0.05, 0.1) is 0 Å². The normalized spacial score (nSPS) is 10.9. The lowest BCUT2D eigenvalue weighted by atomic mass is 10.8. The molecule has 0 aromatic carbocycles. The van der Waals surface area contributed by atoms with Crippen LogP contribution in [0.4, 0.5) is 0 Å². The zero-order chi connectivity index (χ0) is 6.57. The quantitative estimate of drug-likeness (QED) is 0.204. The molecule has 0 bridgehead atoms. The molecule has 0 aromatic rings. The molecular weight excluding hydrogens is 104 g/mol. The third kappa shape index (κ3) is 1.51. The van der Waals surface area contributed by atoms with E-state index in [0.29, 0.717) is 0 Å². The van der Waals surface area contributed by atoms with Gasteiger partial charge in [-0.25, -0.2) is 0 Å². The highest BCUT2D eigenvalue weighted by molar-refractivity contribution is 5.78. The summed E-state index contributed by atoms with van der Waals surface area (Å²) in [4.78, 5) is 1.51. The van der Waals surface area contributed by atoms with Gasteiger partial charge in [-0.05, 0) is 6.20 Å². The average Bonchev–Trinajstić information content (AvgIpc) is 1.84. The molecule has 0 aromatic heterocycles. The minimum absolute atomic E-state index is 0.250. The molecule has 0 aliphatic heterocycles. The Morgan fingerprint density at radius 3 is 2.50 bits per heavy atom. The van der Waals surface area contributed by atoms with E-state index in [-0.39, 0.29) is 5.96 Å². The Morgan fingerprint density at radius 2 is 2.38 bits per heavy atom. The van der Waals surface area contributed by atoms with Crippen molar-refractivity contribution in [2.45, 2.75) is 0 Å². The van der Waals surface area contributed by atoms with Crippen LogP contribution in [0.25, 0.3) is 0 Å². The molecule has 0 radical (unpaired) electrons. The van der Waals surface area contributed by atoms with Crippen molar-refractivity contribution in [2.24, 2.45) is 16.7 Å². The van der Waals surface area contributed by atoms with Gasteiger partial charge in [-0.15, -0.1) is 5.10 Å². The predicted molar refractivity (Wildman–Crippen MR) is 33.8 cm³/mol. The monoisotopic (exact) mass is 114 g/mol. The summed E-state index contributed by atoms with van der Waals surface area (Å²) in [6.45, 7) is 3.44. The molecule has 0 aliphatic rings. The lowest BCUT2D eigenvalue weighted by Crippen LogP contribution is -2.30. The van der Waals surface area contributed by atoms with Gasteiger partial charge in [-0.2, -0.15) is 0 Å². The van der Waals surface area contributed by atoms with Crippen molar-refractivity contribution >= 4 is 5.96 Å². The Labute approximate surface area is 48.4 Å². The van der Waals surface area contributed by atoms with Crippen LogP contribution in [0.2, 0.25) is 0 Å². The van der Waals surface area contributed by atoms with Crippen LogP contribution in [0.15, 0.2) is 17.9 Å². The smallest absolute Gasteiger partial charge is 0.217 e. The molecule has 0 fully saturated rings. The number of hydrazone groups is 1. The Morgan fingerprint density at radius 1 is 1.88 bits per heavy atom. The molecule has 0 rings (SSSR count). The summed E-state index contributed by atoms with van der Waals surface area (Å²) in [5.74, 6) is 5.07. The third-order valence-electron chi connectivity index (χ3n) is 0.768. The second kappa shape index (κ2) is 2.90. The predicted octanol–water partition coefficient (Wildman–Crippen LogP) is -0.750. The Bertz CT molecular complexity index is 107. The van der Waals surface area contributed by atoms with Crippen LogP contribution < -0.4 is 11.6 Å². The van der Waals surface area contributed by atoms with Crippen LogP contribution in [-0.4, -0.2) is 17.9 Å². The molecule has 0 heterocycles. The average molecular weight is 114 g/mol. The fraction of sp³-hybridized carbons (Fsp3) is 0.250. The molecule has 0 unspecified atom stereocenters. The van der Waals surface area contributed by atoms with E-state index in [4.69, 9.17) is 11.6 Å². The first kappa shape index (κ1) is 6.81. The molecule has 8 heavy (non-hydrogen) atoms. The molecule has 0 aliphatic carbocycles. The zero-order valence-corrected chi connectivity index (χ0v) is 4.83. The van der Waals surface area contributed by atoms with Crippen LogP contribution >= 0.6 is 0 Å². The molecule has 4 N–H and O–H groups in total. The molecule has 0 spiro atoms. The van der Waals surface area contributed by atoms with Crippen LogP contribution in [-0.2, 0) is 0 Å². The molecule has 4 heteroatoms. The van der Waals surface area contributed by atoms with Gasteiger partial charge in [-0.3, -0.25) is 0 Å². The Kier molecular flexibility index (Phi) is 2.47. The maximum absolute atomic E-state index is 5.21. The first-order valence-electron chi connectivity index (χ1n) is 2.11. The molecule has 0 saturated carbocycles. The number of hydrogen-bond donors (Lipinski definition) is 2. The zero-order valence-electron chi connectivity index (χ0n) is 4.83.